The molecule has 1 aromatic carbocycles. The first-order valence-corrected chi connectivity index (χ1v) is 7.59. The maximum atomic E-state index is 12.8. The Bertz CT molecular complexity index is 380. The normalized spacial score (nSPS) is 16.5. The van der Waals surface area contributed by atoms with Gasteiger partial charge in [-0.05, 0) is 69.2 Å². The van der Waals surface area contributed by atoms with Crippen LogP contribution < -0.4 is 10.1 Å². The molecule has 21 heavy (non-hydrogen) atoms. The summed E-state index contributed by atoms with van der Waals surface area (Å²) in [4.78, 5) is 2.45. The number of hydrogen-bond acceptors (Lipinski definition) is 3. The highest BCUT2D eigenvalue weighted by Crippen LogP contribution is 2.16. The van der Waals surface area contributed by atoms with Crippen LogP contribution in [0.2, 0.25) is 0 Å². The van der Waals surface area contributed by atoms with Gasteiger partial charge in [0.05, 0.1) is 0 Å². The summed E-state index contributed by atoms with van der Waals surface area (Å²) in [6.07, 6.45) is 2.53. The second kappa shape index (κ2) is 9.98. The fourth-order valence-corrected chi connectivity index (χ4v) is 2.59. The third kappa shape index (κ3) is 6.64. The number of likely N-dealkylation sites (tertiary alicyclic amines) is 1. The van der Waals surface area contributed by atoms with Gasteiger partial charge >= 0.3 is 0 Å². The van der Waals surface area contributed by atoms with Crippen LogP contribution in [0.1, 0.15) is 19.8 Å². The van der Waals surface area contributed by atoms with Crippen molar-refractivity contribution in [2.75, 3.05) is 39.3 Å². The molecule has 0 bridgehead atoms. The molecule has 1 heterocycles. The Balaban J connectivity index is 0.00000220. The molecule has 5 heteroatoms. The van der Waals surface area contributed by atoms with E-state index in [1.54, 1.807) is 12.1 Å². The van der Waals surface area contributed by atoms with Crippen LogP contribution >= 0.6 is 12.4 Å². The summed E-state index contributed by atoms with van der Waals surface area (Å²) in [7, 11) is 0. The number of rotatable bonds is 7. The van der Waals surface area contributed by atoms with Crippen LogP contribution in [-0.2, 0) is 0 Å². The summed E-state index contributed by atoms with van der Waals surface area (Å²) in [5.41, 5.74) is 0. The van der Waals surface area contributed by atoms with Crippen molar-refractivity contribution in [1.82, 2.24) is 10.2 Å². The van der Waals surface area contributed by atoms with E-state index in [9.17, 15) is 4.39 Å². The van der Waals surface area contributed by atoms with Crippen LogP contribution in [0.4, 0.5) is 4.39 Å². The highest BCUT2D eigenvalue weighted by Gasteiger charge is 2.18. The Kier molecular flexibility index (Phi) is 8.66. The number of nitrogens with zero attached hydrogens (tertiary/aromatic N) is 1. The lowest BCUT2D eigenvalue weighted by Crippen LogP contribution is -2.39. The number of halogens is 2. The van der Waals surface area contributed by atoms with Crippen LogP contribution in [0.25, 0.3) is 0 Å². The maximum absolute atomic E-state index is 12.8. The Labute approximate surface area is 133 Å². The Morgan fingerprint density at radius 2 is 1.90 bits per heavy atom. The number of nitrogens with one attached hydrogen (secondary N) is 1. The molecule has 1 aromatic rings. The highest BCUT2D eigenvalue weighted by molar-refractivity contribution is 5.85. The molecule has 1 aliphatic rings. The molecule has 0 unspecified atom stereocenters. The first-order chi connectivity index (χ1) is 9.78. The number of benzene rings is 1. The van der Waals surface area contributed by atoms with Crippen molar-refractivity contribution >= 4 is 12.4 Å². The van der Waals surface area contributed by atoms with Crippen LogP contribution in [0, 0.1) is 11.7 Å². The van der Waals surface area contributed by atoms with Crippen molar-refractivity contribution in [3.8, 4) is 5.75 Å². The van der Waals surface area contributed by atoms with E-state index in [4.69, 9.17) is 4.74 Å². The van der Waals surface area contributed by atoms with Gasteiger partial charge in [-0.25, -0.2) is 4.39 Å². The van der Waals surface area contributed by atoms with Gasteiger partial charge in [-0.2, -0.15) is 0 Å². The summed E-state index contributed by atoms with van der Waals surface area (Å²) in [5.74, 6) is 1.35. The summed E-state index contributed by atoms with van der Waals surface area (Å²) >= 11 is 0. The van der Waals surface area contributed by atoms with Crippen LogP contribution in [0.5, 0.6) is 5.75 Å². The summed E-state index contributed by atoms with van der Waals surface area (Å²) in [6.45, 7) is 8.30. The van der Waals surface area contributed by atoms with Crippen LogP contribution in [0.15, 0.2) is 24.3 Å². The fourth-order valence-electron chi connectivity index (χ4n) is 2.59. The zero-order chi connectivity index (χ0) is 14.2. The lowest BCUT2D eigenvalue weighted by atomic mass is 9.97. The Hall–Kier alpha value is -0.840. The third-order valence-electron chi connectivity index (χ3n) is 3.88. The van der Waals surface area contributed by atoms with Gasteiger partial charge in [-0.3, -0.25) is 4.90 Å². The van der Waals surface area contributed by atoms with Gasteiger partial charge in [0, 0.05) is 6.54 Å². The third-order valence-corrected chi connectivity index (χ3v) is 3.88. The van der Waals surface area contributed by atoms with E-state index < -0.39 is 0 Å². The van der Waals surface area contributed by atoms with Gasteiger partial charge in [0.1, 0.15) is 18.2 Å². The van der Waals surface area contributed by atoms with E-state index in [-0.39, 0.29) is 18.2 Å². The summed E-state index contributed by atoms with van der Waals surface area (Å²) in [6, 6.07) is 6.22. The minimum absolute atomic E-state index is 0. The van der Waals surface area contributed by atoms with Crippen molar-refractivity contribution in [3.05, 3.63) is 30.1 Å². The molecule has 1 fully saturated rings. The van der Waals surface area contributed by atoms with E-state index in [0.29, 0.717) is 6.61 Å². The topological polar surface area (TPSA) is 24.5 Å². The molecule has 0 saturated carbocycles. The first-order valence-electron chi connectivity index (χ1n) is 7.59. The molecule has 1 saturated heterocycles. The number of piperidine rings is 1. The summed E-state index contributed by atoms with van der Waals surface area (Å²) in [5, 5.41) is 3.43. The lowest BCUT2D eigenvalue weighted by molar-refractivity contribution is 0.154. The molecule has 1 N–H and O–H groups in total. The highest BCUT2D eigenvalue weighted by atomic mass is 35.5. The van der Waals surface area contributed by atoms with Crippen molar-refractivity contribution < 1.29 is 9.13 Å². The monoisotopic (exact) mass is 316 g/mol. The molecule has 0 radical (unpaired) electrons. The second-order valence-electron chi connectivity index (χ2n) is 5.40. The molecule has 0 aliphatic carbocycles. The van der Waals surface area contributed by atoms with Gasteiger partial charge in [0.15, 0.2) is 0 Å². The maximum Gasteiger partial charge on any atom is 0.123 e. The van der Waals surface area contributed by atoms with Gasteiger partial charge in [0.25, 0.3) is 0 Å². The Morgan fingerprint density at radius 1 is 1.24 bits per heavy atom. The standard InChI is InChI=1S/C16H25FN2O.ClH/c1-2-18-13-14-7-9-19(10-8-14)11-12-20-16-5-3-15(17)4-6-16;/h3-6,14,18H,2,7-13H2,1H3;1H. The summed E-state index contributed by atoms with van der Waals surface area (Å²) < 4.78 is 18.4. The Morgan fingerprint density at radius 3 is 2.52 bits per heavy atom. The molecule has 2 rings (SSSR count). The zero-order valence-corrected chi connectivity index (χ0v) is 13.5. The molecule has 0 atom stereocenters. The average Bonchev–Trinajstić information content (AvgIpc) is 2.48. The van der Waals surface area contributed by atoms with E-state index in [2.05, 4.69) is 17.1 Å². The van der Waals surface area contributed by atoms with Crippen molar-refractivity contribution in [2.45, 2.75) is 19.8 Å². The smallest absolute Gasteiger partial charge is 0.123 e. The minimum Gasteiger partial charge on any atom is -0.492 e. The van der Waals surface area contributed by atoms with Gasteiger partial charge in [-0.1, -0.05) is 6.92 Å². The van der Waals surface area contributed by atoms with Gasteiger partial charge in [0.2, 0.25) is 0 Å². The molecular weight excluding hydrogens is 291 g/mol. The number of hydrogen-bond donors (Lipinski definition) is 1. The first kappa shape index (κ1) is 18.2. The predicted octanol–water partition coefficient (Wildman–Crippen LogP) is 2.95. The van der Waals surface area contributed by atoms with E-state index >= 15 is 0 Å². The van der Waals surface area contributed by atoms with E-state index in [0.717, 1.165) is 44.4 Å². The zero-order valence-electron chi connectivity index (χ0n) is 12.7. The molecule has 3 nitrogen and oxygen atoms in total. The fraction of sp³-hybridized carbons (Fsp3) is 0.625. The quantitative estimate of drug-likeness (QED) is 0.837. The lowest BCUT2D eigenvalue weighted by Gasteiger charge is -2.31. The van der Waals surface area contributed by atoms with Crippen molar-refractivity contribution in [1.29, 1.82) is 0 Å². The van der Waals surface area contributed by atoms with Crippen molar-refractivity contribution in [2.24, 2.45) is 5.92 Å². The molecule has 120 valence electrons. The van der Waals surface area contributed by atoms with Gasteiger partial charge in [-0.15, -0.1) is 12.4 Å². The molecule has 0 amide bonds. The second-order valence-corrected chi connectivity index (χ2v) is 5.40. The number of ether oxygens (including phenoxy) is 1. The molecule has 1 aliphatic heterocycles. The SMILES string of the molecule is CCNCC1CCN(CCOc2ccc(F)cc2)CC1.Cl. The van der Waals surface area contributed by atoms with Crippen LogP contribution in [-0.4, -0.2) is 44.2 Å². The minimum atomic E-state index is -0.222. The van der Waals surface area contributed by atoms with E-state index in [1.165, 1.54) is 25.0 Å². The molecular formula is C16H26ClFN2O. The van der Waals surface area contributed by atoms with Gasteiger partial charge < -0.3 is 10.1 Å². The van der Waals surface area contributed by atoms with Crippen LogP contribution in [0.3, 0.4) is 0 Å². The van der Waals surface area contributed by atoms with Crippen molar-refractivity contribution in [3.63, 3.8) is 0 Å². The molecule has 0 aromatic heterocycles. The molecule has 0 spiro atoms. The predicted molar refractivity (Wildman–Crippen MR) is 86.9 cm³/mol. The largest absolute Gasteiger partial charge is 0.492 e. The van der Waals surface area contributed by atoms with E-state index in [1.807, 2.05) is 0 Å². The average molecular weight is 317 g/mol.